The van der Waals surface area contributed by atoms with E-state index in [0.29, 0.717) is 6.42 Å². The zero-order valence-electron chi connectivity index (χ0n) is 15.7. The summed E-state index contributed by atoms with van der Waals surface area (Å²) in [4.78, 5) is 11.1. The van der Waals surface area contributed by atoms with Crippen LogP contribution in [0.2, 0.25) is 0 Å². The maximum Gasteiger partial charge on any atom is 0.309 e. The Morgan fingerprint density at radius 2 is 1.79 bits per heavy atom. The molecule has 140 valence electrons. The van der Waals surface area contributed by atoms with Crippen LogP contribution in [0.4, 0.5) is 0 Å². The van der Waals surface area contributed by atoms with Crippen LogP contribution in [0, 0.1) is 5.41 Å². The molecule has 1 saturated heterocycles. The first-order valence-corrected chi connectivity index (χ1v) is 9.62. The Kier molecular flexibility index (Phi) is 9.60. The monoisotopic (exact) mass is 340 g/mol. The summed E-state index contributed by atoms with van der Waals surface area (Å²) in [5, 5.41) is 19.1. The minimum Gasteiger partial charge on any atom is -0.481 e. The molecule has 1 rings (SSSR count). The predicted molar refractivity (Wildman–Crippen MR) is 97.1 cm³/mol. The van der Waals surface area contributed by atoms with E-state index in [1.807, 2.05) is 12.2 Å². The fourth-order valence-corrected chi connectivity index (χ4v) is 2.81. The van der Waals surface area contributed by atoms with Crippen LogP contribution in [0.1, 0.15) is 85.0 Å². The van der Waals surface area contributed by atoms with Gasteiger partial charge in [-0.05, 0) is 33.1 Å². The van der Waals surface area contributed by atoms with Gasteiger partial charge in [0.05, 0.1) is 17.6 Å². The molecular weight excluding hydrogens is 304 g/mol. The summed E-state index contributed by atoms with van der Waals surface area (Å²) in [6.07, 6.45) is 14.5. The Hall–Kier alpha value is -0.870. The third kappa shape index (κ3) is 8.84. The number of rotatable bonds is 14. The van der Waals surface area contributed by atoms with Crippen LogP contribution >= 0.6 is 0 Å². The SMILES string of the molecule is CCCCCCCCCC(O)/C=C/C1OC1CCC(C)(C)C(=O)O. The third-order valence-electron chi connectivity index (χ3n) is 4.88. The summed E-state index contributed by atoms with van der Waals surface area (Å²) in [5.41, 5.74) is -0.698. The number of aliphatic carboxylic acids is 1. The summed E-state index contributed by atoms with van der Waals surface area (Å²) >= 11 is 0. The van der Waals surface area contributed by atoms with Gasteiger partial charge in [-0.15, -0.1) is 0 Å². The Labute approximate surface area is 147 Å². The fraction of sp³-hybridized carbons (Fsp3) is 0.850. The molecule has 2 N–H and O–H groups in total. The number of ether oxygens (including phenoxy) is 1. The van der Waals surface area contributed by atoms with Crippen molar-refractivity contribution in [1.82, 2.24) is 0 Å². The Morgan fingerprint density at radius 1 is 1.17 bits per heavy atom. The van der Waals surface area contributed by atoms with Crippen LogP contribution in [-0.4, -0.2) is 34.5 Å². The number of carboxylic acids is 1. The van der Waals surface area contributed by atoms with Gasteiger partial charge < -0.3 is 14.9 Å². The smallest absolute Gasteiger partial charge is 0.309 e. The second-order valence-corrected chi connectivity index (χ2v) is 7.73. The highest BCUT2D eigenvalue weighted by Crippen LogP contribution is 2.33. The standard InChI is InChI=1S/C20H36O4/c1-4-5-6-7-8-9-10-11-16(21)12-13-17-18(24-17)14-15-20(2,3)19(22)23/h12-13,16-18,21H,4-11,14-15H2,1-3H3,(H,22,23)/b13-12+. The lowest BCUT2D eigenvalue weighted by atomic mass is 9.87. The van der Waals surface area contributed by atoms with Crippen molar-refractivity contribution < 1.29 is 19.7 Å². The van der Waals surface area contributed by atoms with Gasteiger partial charge in [-0.25, -0.2) is 0 Å². The number of carbonyl (C=O) groups is 1. The molecule has 0 saturated carbocycles. The molecule has 1 heterocycles. The fourth-order valence-electron chi connectivity index (χ4n) is 2.81. The molecule has 3 atom stereocenters. The van der Waals surface area contributed by atoms with Crippen molar-refractivity contribution in [3.63, 3.8) is 0 Å². The first-order chi connectivity index (χ1) is 11.4. The molecule has 0 spiro atoms. The molecule has 1 fully saturated rings. The van der Waals surface area contributed by atoms with E-state index < -0.39 is 11.4 Å². The van der Waals surface area contributed by atoms with Gasteiger partial charge in [0, 0.05) is 0 Å². The van der Waals surface area contributed by atoms with E-state index in [-0.39, 0.29) is 18.3 Å². The molecule has 0 aromatic rings. The van der Waals surface area contributed by atoms with Gasteiger partial charge >= 0.3 is 5.97 Å². The van der Waals surface area contributed by atoms with Gasteiger partial charge in [0.2, 0.25) is 0 Å². The number of aliphatic hydroxyl groups is 1. The van der Waals surface area contributed by atoms with E-state index in [4.69, 9.17) is 9.84 Å². The largest absolute Gasteiger partial charge is 0.481 e. The van der Waals surface area contributed by atoms with Gasteiger partial charge in [-0.2, -0.15) is 0 Å². The normalized spacial score (nSPS) is 22.0. The number of carboxylic acid groups (broad SMARTS) is 1. The second-order valence-electron chi connectivity index (χ2n) is 7.73. The van der Waals surface area contributed by atoms with Crippen molar-refractivity contribution in [2.24, 2.45) is 5.41 Å². The summed E-state index contributed by atoms with van der Waals surface area (Å²) in [7, 11) is 0. The summed E-state index contributed by atoms with van der Waals surface area (Å²) < 4.78 is 5.53. The maximum atomic E-state index is 11.1. The van der Waals surface area contributed by atoms with E-state index in [9.17, 15) is 9.90 Å². The van der Waals surface area contributed by atoms with Crippen molar-refractivity contribution in [2.75, 3.05) is 0 Å². The number of hydrogen-bond acceptors (Lipinski definition) is 3. The predicted octanol–water partition coefficient (Wildman–Crippen LogP) is 4.70. The number of unbranched alkanes of at least 4 members (excludes halogenated alkanes) is 6. The molecule has 0 radical (unpaired) electrons. The minimum absolute atomic E-state index is 0.0540. The molecule has 0 amide bonds. The molecule has 4 heteroatoms. The molecule has 0 bridgehead atoms. The lowest BCUT2D eigenvalue weighted by Crippen LogP contribution is -2.24. The zero-order valence-corrected chi connectivity index (χ0v) is 15.7. The van der Waals surface area contributed by atoms with E-state index in [2.05, 4.69) is 6.92 Å². The molecule has 0 aromatic heterocycles. The summed E-state index contributed by atoms with van der Waals surface area (Å²) in [6, 6.07) is 0. The quantitative estimate of drug-likeness (QED) is 0.273. The summed E-state index contributed by atoms with van der Waals surface area (Å²) in [6.45, 7) is 5.72. The highest BCUT2D eigenvalue weighted by molar-refractivity contribution is 5.73. The van der Waals surface area contributed by atoms with Gasteiger partial charge in [0.1, 0.15) is 6.10 Å². The van der Waals surface area contributed by atoms with Gasteiger partial charge in [0.25, 0.3) is 0 Å². The van der Waals surface area contributed by atoms with Crippen molar-refractivity contribution >= 4 is 5.97 Å². The van der Waals surface area contributed by atoms with Crippen molar-refractivity contribution in [1.29, 1.82) is 0 Å². The number of epoxide rings is 1. The second kappa shape index (κ2) is 10.9. The molecule has 1 aliphatic heterocycles. The highest BCUT2D eigenvalue weighted by Gasteiger charge is 2.38. The first-order valence-electron chi connectivity index (χ1n) is 9.62. The minimum atomic E-state index is -0.764. The van der Waals surface area contributed by atoms with Crippen LogP contribution in [0.3, 0.4) is 0 Å². The Bertz CT molecular complexity index is 389. The third-order valence-corrected chi connectivity index (χ3v) is 4.88. The van der Waals surface area contributed by atoms with Gasteiger partial charge in [-0.1, -0.05) is 64.0 Å². The van der Waals surface area contributed by atoms with Crippen LogP contribution in [-0.2, 0) is 9.53 Å². The van der Waals surface area contributed by atoms with E-state index in [1.54, 1.807) is 13.8 Å². The molecular formula is C20H36O4. The average Bonchev–Trinajstić information content (AvgIpc) is 3.28. The number of hydrogen-bond donors (Lipinski definition) is 2. The molecule has 0 aliphatic carbocycles. The number of aliphatic hydroxyl groups excluding tert-OH is 1. The van der Waals surface area contributed by atoms with Crippen LogP contribution in [0.5, 0.6) is 0 Å². The van der Waals surface area contributed by atoms with Crippen molar-refractivity contribution in [2.45, 2.75) is 103 Å². The first kappa shape index (κ1) is 21.2. The van der Waals surface area contributed by atoms with Gasteiger partial charge in [0.15, 0.2) is 0 Å². The Morgan fingerprint density at radius 3 is 2.42 bits per heavy atom. The molecule has 0 aromatic carbocycles. The maximum absolute atomic E-state index is 11.1. The Balaban J connectivity index is 2.05. The van der Waals surface area contributed by atoms with E-state index in [0.717, 1.165) is 19.3 Å². The average molecular weight is 341 g/mol. The van der Waals surface area contributed by atoms with Crippen molar-refractivity contribution in [3.8, 4) is 0 Å². The van der Waals surface area contributed by atoms with E-state index >= 15 is 0 Å². The van der Waals surface area contributed by atoms with Crippen molar-refractivity contribution in [3.05, 3.63) is 12.2 Å². The summed E-state index contributed by atoms with van der Waals surface area (Å²) in [5.74, 6) is -0.764. The van der Waals surface area contributed by atoms with Crippen LogP contribution < -0.4 is 0 Å². The molecule has 24 heavy (non-hydrogen) atoms. The van der Waals surface area contributed by atoms with E-state index in [1.165, 1.54) is 38.5 Å². The molecule has 1 aliphatic rings. The lowest BCUT2D eigenvalue weighted by Gasteiger charge is -2.17. The van der Waals surface area contributed by atoms with Crippen LogP contribution in [0.15, 0.2) is 12.2 Å². The topological polar surface area (TPSA) is 70.1 Å². The lowest BCUT2D eigenvalue weighted by molar-refractivity contribution is -0.147. The zero-order chi connectivity index (χ0) is 18.0. The molecule has 3 unspecified atom stereocenters. The molecule has 4 nitrogen and oxygen atoms in total. The highest BCUT2D eigenvalue weighted by atomic mass is 16.6. The van der Waals surface area contributed by atoms with Gasteiger partial charge in [-0.3, -0.25) is 4.79 Å². The van der Waals surface area contributed by atoms with Crippen LogP contribution in [0.25, 0.3) is 0 Å².